The summed E-state index contributed by atoms with van der Waals surface area (Å²) in [6.07, 6.45) is 1.71. The number of amides is 2. The molecule has 3 aromatic rings. The zero-order valence-electron chi connectivity index (χ0n) is 18.0. The number of aromatic nitrogens is 1. The van der Waals surface area contributed by atoms with Gasteiger partial charge in [-0.05, 0) is 24.3 Å². The second-order valence-corrected chi connectivity index (χ2v) is 7.62. The van der Waals surface area contributed by atoms with Crippen LogP contribution in [-0.4, -0.2) is 55.6 Å². The summed E-state index contributed by atoms with van der Waals surface area (Å²) >= 11 is 1.31. The molecule has 0 saturated heterocycles. The molecule has 9 nitrogen and oxygen atoms in total. The Morgan fingerprint density at radius 3 is 2.78 bits per heavy atom. The van der Waals surface area contributed by atoms with Gasteiger partial charge in [-0.2, -0.15) is 0 Å². The van der Waals surface area contributed by atoms with Crippen molar-refractivity contribution in [1.29, 1.82) is 0 Å². The molecule has 2 amide bonds. The van der Waals surface area contributed by atoms with Crippen molar-refractivity contribution in [2.24, 2.45) is 0 Å². The molecule has 1 aromatic carbocycles. The molecule has 0 radical (unpaired) electrons. The van der Waals surface area contributed by atoms with Crippen LogP contribution < -0.4 is 15.4 Å². The van der Waals surface area contributed by atoms with E-state index in [1.165, 1.54) is 11.3 Å². The number of benzene rings is 1. The van der Waals surface area contributed by atoms with E-state index in [4.69, 9.17) is 13.9 Å². The molecule has 0 saturated carbocycles. The van der Waals surface area contributed by atoms with Crippen LogP contribution in [0, 0.1) is 0 Å². The minimum absolute atomic E-state index is 0.156. The van der Waals surface area contributed by atoms with Gasteiger partial charge in [-0.25, -0.2) is 4.98 Å². The molecular weight excluding hydrogens is 432 g/mol. The van der Waals surface area contributed by atoms with Gasteiger partial charge in [0.2, 0.25) is 5.91 Å². The van der Waals surface area contributed by atoms with Crippen molar-refractivity contribution in [3.8, 4) is 5.75 Å². The average Bonchev–Trinajstić information content (AvgIpc) is 3.49. The number of methoxy groups -OCH3 is 2. The lowest BCUT2D eigenvalue weighted by Crippen LogP contribution is -2.35. The number of nitrogens with zero attached hydrogens (tertiary/aromatic N) is 2. The number of carbonyl (C=O) groups excluding carboxylic acids is 2. The molecule has 0 atom stereocenters. The smallest absolute Gasteiger partial charge is 0.273 e. The van der Waals surface area contributed by atoms with E-state index in [2.05, 4.69) is 15.6 Å². The van der Waals surface area contributed by atoms with Gasteiger partial charge in [0.1, 0.15) is 17.2 Å². The molecule has 170 valence electrons. The molecule has 0 fully saturated rings. The summed E-state index contributed by atoms with van der Waals surface area (Å²) in [7, 11) is 3.16. The second kappa shape index (κ2) is 11.9. The van der Waals surface area contributed by atoms with Crippen LogP contribution in [0.25, 0.3) is 0 Å². The van der Waals surface area contributed by atoms with Crippen LogP contribution in [0.1, 0.15) is 22.7 Å². The van der Waals surface area contributed by atoms with Crippen molar-refractivity contribution >= 4 is 34.0 Å². The molecule has 3 rings (SSSR count). The summed E-state index contributed by atoms with van der Waals surface area (Å²) in [5.41, 5.74) is 1.04. The Labute approximate surface area is 190 Å². The summed E-state index contributed by atoms with van der Waals surface area (Å²) in [5, 5.41) is 8.19. The fraction of sp³-hybridized carbons (Fsp3) is 0.318. The second-order valence-electron chi connectivity index (χ2n) is 6.76. The lowest BCUT2D eigenvalue weighted by molar-refractivity contribution is -0.121. The molecule has 0 aliphatic carbocycles. The Morgan fingerprint density at radius 1 is 1.19 bits per heavy atom. The fourth-order valence-corrected chi connectivity index (χ4v) is 3.61. The third-order valence-electron chi connectivity index (χ3n) is 4.52. The molecule has 10 heteroatoms. The summed E-state index contributed by atoms with van der Waals surface area (Å²) in [4.78, 5) is 31.2. The van der Waals surface area contributed by atoms with Gasteiger partial charge < -0.3 is 29.4 Å². The molecule has 0 spiro atoms. The van der Waals surface area contributed by atoms with Crippen LogP contribution >= 0.6 is 11.3 Å². The van der Waals surface area contributed by atoms with Gasteiger partial charge in [0.15, 0.2) is 5.13 Å². The van der Waals surface area contributed by atoms with E-state index in [9.17, 15) is 9.59 Å². The van der Waals surface area contributed by atoms with Crippen molar-refractivity contribution in [2.75, 3.05) is 39.2 Å². The van der Waals surface area contributed by atoms with E-state index in [0.29, 0.717) is 35.5 Å². The molecule has 0 aliphatic rings. The Morgan fingerprint density at radius 2 is 2.03 bits per heavy atom. The fourth-order valence-electron chi connectivity index (χ4n) is 2.91. The Bertz CT molecular complexity index is 1010. The molecule has 2 heterocycles. The summed E-state index contributed by atoms with van der Waals surface area (Å²) < 4.78 is 15.7. The minimum atomic E-state index is -0.282. The van der Waals surface area contributed by atoms with E-state index in [-0.39, 0.29) is 31.3 Å². The Hall–Kier alpha value is -3.37. The average molecular weight is 459 g/mol. The first-order valence-corrected chi connectivity index (χ1v) is 10.9. The quantitative estimate of drug-likeness (QED) is 0.401. The van der Waals surface area contributed by atoms with Gasteiger partial charge in [-0.3, -0.25) is 9.59 Å². The standard InChI is InChI=1S/C22H26N4O5S/c1-29-13-10-23-20(27)9-11-26(14-16-6-5-12-31-16)21(28)18-15-32-22(25-18)24-17-7-3-4-8-19(17)30-2/h3-8,12,15H,9-11,13-14H2,1-2H3,(H,23,27)(H,24,25). The summed E-state index contributed by atoms with van der Waals surface area (Å²) in [6.45, 7) is 1.32. The molecule has 0 aliphatic heterocycles. The molecule has 2 N–H and O–H groups in total. The number of furan rings is 1. The number of hydrogen-bond acceptors (Lipinski definition) is 8. The van der Waals surface area contributed by atoms with E-state index in [1.807, 2.05) is 24.3 Å². The zero-order chi connectivity index (χ0) is 22.8. The molecule has 2 aromatic heterocycles. The van der Waals surface area contributed by atoms with Crippen molar-refractivity contribution < 1.29 is 23.5 Å². The van der Waals surface area contributed by atoms with Gasteiger partial charge >= 0.3 is 0 Å². The number of rotatable bonds is 12. The van der Waals surface area contributed by atoms with E-state index in [1.54, 1.807) is 42.9 Å². The number of thiazole rings is 1. The third-order valence-corrected chi connectivity index (χ3v) is 5.28. The van der Waals surface area contributed by atoms with Crippen molar-refractivity contribution in [1.82, 2.24) is 15.2 Å². The van der Waals surface area contributed by atoms with Gasteiger partial charge in [0.05, 0.1) is 32.2 Å². The van der Waals surface area contributed by atoms with Gasteiger partial charge in [0, 0.05) is 32.0 Å². The first-order valence-electron chi connectivity index (χ1n) is 10.0. The first kappa shape index (κ1) is 23.3. The predicted octanol–water partition coefficient (Wildman–Crippen LogP) is 3.28. The van der Waals surface area contributed by atoms with Crippen LogP contribution in [-0.2, 0) is 16.1 Å². The zero-order valence-corrected chi connectivity index (χ0v) is 18.8. The van der Waals surface area contributed by atoms with Crippen LogP contribution in [0.4, 0.5) is 10.8 Å². The van der Waals surface area contributed by atoms with Crippen molar-refractivity contribution in [3.63, 3.8) is 0 Å². The predicted molar refractivity (Wildman–Crippen MR) is 121 cm³/mol. The normalized spacial score (nSPS) is 10.6. The molecule has 32 heavy (non-hydrogen) atoms. The van der Waals surface area contributed by atoms with Crippen LogP contribution in [0.15, 0.2) is 52.5 Å². The number of ether oxygens (including phenoxy) is 2. The highest BCUT2D eigenvalue weighted by molar-refractivity contribution is 7.14. The van der Waals surface area contributed by atoms with E-state index >= 15 is 0 Å². The van der Waals surface area contributed by atoms with E-state index in [0.717, 1.165) is 5.69 Å². The van der Waals surface area contributed by atoms with Gasteiger partial charge in [-0.1, -0.05) is 12.1 Å². The number of anilines is 2. The van der Waals surface area contributed by atoms with Gasteiger partial charge in [0.25, 0.3) is 5.91 Å². The minimum Gasteiger partial charge on any atom is -0.495 e. The van der Waals surface area contributed by atoms with Crippen LogP contribution in [0.2, 0.25) is 0 Å². The Balaban J connectivity index is 1.68. The lowest BCUT2D eigenvalue weighted by atomic mass is 10.3. The maximum absolute atomic E-state index is 13.2. The number of hydrogen-bond donors (Lipinski definition) is 2. The highest BCUT2D eigenvalue weighted by atomic mass is 32.1. The SMILES string of the molecule is COCCNC(=O)CCN(Cc1ccco1)C(=O)c1csc(Nc2ccccc2OC)n1. The number of carbonyl (C=O) groups is 2. The summed E-state index contributed by atoms with van der Waals surface area (Å²) in [5.74, 6) is 0.863. The molecule has 0 bridgehead atoms. The highest BCUT2D eigenvalue weighted by Crippen LogP contribution is 2.29. The van der Waals surface area contributed by atoms with Crippen LogP contribution in [0.3, 0.4) is 0 Å². The molecular formula is C22H26N4O5S. The maximum Gasteiger partial charge on any atom is 0.273 e. The molecule has 0 unspecified atom stereocenters. The maximum atomic E-state index is 13.2. The van der Waals surface area contributed by atoms with Gasteiger partial charge in [-0.15, -0.1) is 11.3 Å². The van der Waals surface area contributed by atoms with Crippen molar-refractivity contribution in [2.45, 2.75) is 13.0 Å². The van der Waals surface area contributed by atoms with Crippen LogP contribution in [0.5, 0.6) is 5.75 Å². The highest BCUT2D eigenvalue weighted by Gasteiger charge is 2.21. The van der Waals surface area contributed by atoms with Crippen molar-refractivity contribution in [3.05, 3.63) is 59.5 Å². The Kier molecular flexibility index (Phi) is 8.64. The number of nitrogens with one attached hydrogen (secondary N) is 2. The lowest BCUT2D eigenvalue weighted by Gasteiger charge is -2.20. The number of para-hydroxylation sites is 2. The van der Waals surface area contributed by atoms with E-state index < -0.39 is 0 Å². The first-order chi connectivity index (χ1) is 15.6. The topological polar surface area (TPSA) is 106 Å². The largest absolute Gasteiger partial charge is 0.495 e. The third kappa shape index (κ3) is 6.56. The summed E-state index contributed by atoms with van der Waals surface area (Å²) in [6, 6.07) is 11.0. The monoisotopic (exact) mass is 458 g/mol.